The first-order valence-electron chi connectivity index (χ1n) is 9.57. The van der Waals surface area contributed by atoms with E-state index >= 15 is 0 Å². The number of ether oxygens (including phenoxy) is 1. The molecule has 0 bridgehead atoms. The van der Waals surface area contributed by atoms with Gasteiger partial charge in [-0.05, 0) is 55.8 Å². The molecule has 146 valence electrons. The number of carbonyl (C=O) groups is 1. The average Bonchev–Trinajstić information content (AvgIpc) is 3.15. The van der Waals surface area contributed by atoms with E-state index in [1.165, 1.54) is 0 Å². The van der Waals surface area contributed by atoms with E-state index in [1.807, 2.05) is 57.2 Å². The predicted molar refractivity (Wildman–Crippen MR) is 114 cm³/mol. The van der Waals surface area contributed by atoms with Crippen molar-refractivity contribution in [2.45, 2.75) is 27.2 Å². The quantitative estimate of drug-likeness (QED) is 0.453. The Hall–Kier alpha value is -3.60. The number of furan rings is 1. The van der Waals surface area contributed by atoms with Crippen molar-refractivity contribution in [1.82, 2.24) is 4.98 Å². The molecule has 5 heteroatoms. The van der Waals surface area contributed by atoms with Crippen molar-refractivity contribution < 1.29 is 13.9 Å². The van der Waals surface area contributed by atoms with Crippen LogP contribution in [0.25, 0.3) is 11.0 Å². The number of anilines is 1. The Morgan fingerprint density at radius 2 is 1.79 bits per heavy atom. The molecule has 0 atom stereocenters. The van der Waals surface area contributed by atoms with Gasteiger partial charge in [0.2, 0.25) is 0 Å². The van der Waals surface area contributed by atoms with Crippen LogP contribution in [-0.2, 0) is 6.42 Å². The van der Waals surface area contributed by atoms with Gasteiger partial charge in [0.1, 0.15) is 28.7 Å². The normalized spacial score (nSPS) is 10.9. The smallest absolute Gasteiger partial charge is 0.257 e. The van der Waals surface area contributed by atoms with Gasteiger partial charge in [0.15, 0.2) is 0 Å². The molecule has 2 heterocycles. The molecule has 1 amide bonds. The second kappa shape index (κ2) is 7.80. The third-order valence-corrected chi connectivity index (χ3v) is 4.66. The van der Waals surface area contributed by atoms with E-state index in [0.29, 0.717) is 28.5 Å². The van der Waals surface area contributed by atoms with Gasteiger partial charge >= 0.3 is 0 Å². The number of hydrogen-bond donors (Lipinski definition) is 1. The topological polar surface area (TPSA) is 64.4 Å². The van der Waals surface area contributed by atoms with Crippen LogP contribution in [0.3, 0.4) is 0 Å². The van der Waals surface area contributed by atoms with Gasteiger partial charge in [-0.25, -0.2) is 4.98 Å². The molecule has 2 aromatic carbocycles. The van der Waals surface area contributed by atoms with E-state index < -0.39 is 0 Å². The molecule has 0 aliphatic carbocycles. The summed E-state index contributed by atoms with van der Waals surface area (Å²) in [5.41, 5.74) is 3.24. The fourth-order valence-electron chi connectivity index (χ4n) is 3.01. The molecule has 0 fully saturated rings. The van der Waals surface area contributed by atoms with Gasteiger partial charge in [0.05, 0.1) is 5.39 Å². The number of hydrogen-bond acceptors (Lipinski definition) is 4. The number of aryl methyl sites for hydroxylation is 3. The number of pyridine rings is 1. The summed E-state index contributed by atoms with van der Waals surface area (Å²) in [6, 6.07) is 16.9. The summed E-state index contributed by atoms with van der Waals surface area (Å²) >= 11 is 0. The molecule has 0 aliphatic heterocycles. The SMILES string of the molecule is CCc1cc2c(Oc3ccc(C)cc3)cc(C(=O)Nc3ccc(C)cn3)cc2o1. The van der Waals surface area contributed by atoms with Crippen molar-refractivity contribution >= 4 is 22.7 Å². The fourth-order valence-corrected chi connectivity index (χ4v) is 3.01. The van der Waals surface area contributed by atoms with Gasteiger partial charge in [-0.1, -0.05) is 30.7 Å². The zero-order valence-electron chi connectivity index (χ0n) is 16.7. The lowest BCUT2D eigenvalue weighted by Crippen LogP contribution is -2.13. The number of benzene rings is 2. The molecule has 5 nitrogen and oxygen atoms in total. The van der Waals surface area contributed by atoms with E-state index in [0.717, 1.165) is 28.7 Å². The maximum Gasteiger partial charge on any atom is 0.257 e. The van der Waals surface area contributed by atoms with Crippen LogP contribution in [0.2, 0.25) is 0 Å². The summed E-state index contributed by atoms with van der Waals surface area (Å²) in [4.78, 5) is 17.1. The van der Waals surface area contributed by atoms with Crippen LogP contribution in [-0.4, -0.2) is 10.9 Å². The third-order valence-electron chi connectivity index (χ3n) is 4.66. The number of aromatic nitrogens is 1. The largest absolute Gasteiger partial charge is 0.461 e. The van der Waals surface area contributed by atoms with Gasteiger partial charge in [-0.3, -0.25) is 4.79 Å². The Kier molecular flexibility index (Phi) is 5.04. The minimum Gasteiger partial charge on any atom is -0.461 e. The molecule has 29 heavy (non-hydrogen) atoms. The van der Waals surface area contributed by atoms with Crippen LogP contribution in [0.4, 0.5) is 5.82 Å². The van der Waals surface area contributed by atoms with Gasteiger partial charge in [0, 0.05) is 18.2 Å². The second-order valence-corrected chi connectivity index (χ2v) is 7.04. The molecule has 0 saturated carbocycles. The predicted octanol–water partition coefficient (Wildman–Crippen LogP) is 6.05. The molecule has 4 aromatic rings. The van der Waals surface area contributed by atoms with Crippen molar-refractivity contribution in [3.05, 3.63) is 83.2 Å². The molecule has 0 aliphatic rings. The molecular weight excluding hydrogens is 364 g/mol. The van der Waals surface area contributed by atoms with Gasteiger partial charge in [-0.15, -0.1) is 0 Å². The molecule has 0 unspecified atom stereocenters. The maximum atomic E-state index is 12.8. The lowest BCUT2D eigenvalue weighted by Gasteiger charge is -2.10. The molecular formula is C24H22N2O3. The van der Waals surface area contributed by atoms with Crippen LogP contribution in [0.5, 0.6) is 11.5 Å². The Bertz CT molecular complexity index is 1160. The Morgan fingerprint density at radius 3 is 2.48 bits per heavy atom. The van der Waals surface area contributed by atoms with E-state index in [4.69, 9.17) is 9.15 Å². The number of amides is 1. The summed E-state index contributed by atoms with van der Waals surface area (Å²) in [6.45, 7) is 5.99. The minimum absolute atomic E-state index is 0.272. The summed E-state index contributed by atoms with van der Waals surface area (Å²) in [5.74, 6) is 2.35. The highest BCUT2D eigenvalue weighted by Gasteiger charge is 2.16. The Balaban J connectivity index is 1.71. The number of nitrogens with zero attached hydrogens (tertiary/aromatic N) is 1. The highest BCUT2D eigenvalue weighted by atomic mass is 16.5. The standard InChI is InChI=1S/C24H22N2O3/c1-4-18-13-20-21(28-18)11-17(24(27)26-23-10-7-16(3)14-25-23)12-22(20)29-19-8-5-15(2)6-9-19/h5-14H,4H2,1-3H3,(H,25,26,27). The van der Waals surface area contributed by atoms with Crippen LogP contribution in [0.1, 0.15) is 34.2 Å². The first-order valence-corrected chi connectivity index (χ1v) is 9.57. The second-order valence-electron chi connectivity index (χ2n) is 7.04. The van der Waals surface area contributed by atoms with E-state index in [1.54, 1.807) is 24.4 Å². The molecule has 0 spiro atoms. The zero-order chi connectivity index (χ0) is 20.4. The van der Waals surface area contributed by atoms with Crippen molar-refractivity contribution in [3.8, 4) is 11.5 Å². The number of fused-ring (bicyclic) bond motifs is 1. The lowest BCUT2D eigenvalue weighted by molar-refractivity contribution is 0.102. The zero-order valence-corrected chi connectivity index (χ0v) is 16.7. The van der Waals surface area contributed by atoms with Crippen molar-refractivity contribution in [1.29, 1.82) is 0 Å². The molecule has 4 rings (SSSR count). The van der Waals surface area contributed by atoms with Gasteiger partial charge in [0.25, 0.3) is 5.91 Å². The maximum absolute atomic E-state index is 12.8. The summed E-state index contributed by atoms with van der Waals surface area (Å²) in [7, 11) is 0. The number of nitrogens with one attached hydrogen (secondary N) is 1. The van der Waals surface area contributed by atoms with Crippen LogP contribution >= 0.6 is 0 Å². The minimum atomic E-state index is -0.272. The highest BCUT2D eigenvalue weighted by molar-refractivity contribution is 6.06. The number of carbonyl (C=O) groups excluding carboxylic acids is 1. The van der Waals surface area contributed by atoms with Gasteiger partial charge < -0.3 is 14.5 Å². The monoisotopic (exact) mass is 386 g/mol. The van der Waals surface area contributed by atoms with E-state index in [-0.39, 0.29) is 5.91 Å². The summed E-state index contributed by atoms with van der Waals surface area (Å²) in [6.07, 6.45) is 2.47. The first-order chi connectivity index (χ1) is 14.0. The first kappa shape index (κ1) is 18.7. The summed E-state index contributed by atoms with van der Waals surface area (Å²) < 4.78 is 12.0. The molecule has 0 saturated heterocycles. The molecule has 2 aromatic heterocycles. The molecule has 1 N–H and O–H groups in total. The molecule has 0 radical (unpaired) electrons. The lowest BCUT2D eigenvalue weighted by atomic mass is 10.1. The Labute approximate surface area is 169 Å². The Morgan fingerprint density at radius 1 is 1.03 bits per heavy atom. The van der Waals surface area contributed by atoms with Crippen LogP contribution in [0, 0.1) is 13.8 Å². The van der Waals surface area contributed by atoms with Crippen molar-refractivity contribution in [3.63, 3.8) is 0 Å². The van der Waals surface area contributed by atoms with Crippen LogP contribution < -0.4 is 10.1 Å². The van der Waals surface area contributed by atoms with Crippen molar-refractivity contribution in [2.75, 3.05) is 5.32 Å². The number of rotatable bonds is 5. The third kappa shape index (κ3) is 4.14. The van der Waals surface area contributed by atoms with E-state index in [9.17, 15) is 4.79 Å². The van der Waals surface area contributed by atoms with Crippen molar-refractivity contribution in [2.24, 2.45) is 0 Å². The van der Waals surface area contributed by atoms with E-state index in [2.05, 4.69) is 10.3 Å². The fraction of sp³-hybridized carbons (Fsp3) is 0.167. The van der Waals surface area contributed by atoms with Crippen LogP contribution in [0.15, 0.2) is 65.2 Å². The average molecular weight is 386 g/mol. The highest BCUT2D eigenvalue weighted by Crippen LogP contribution is 2.34. The van der Waals surface area contributed by atoms with Gasteiger partial charge in [-0.2, -0.15) is 0 Å². The summed E-state index contributed by atoms with van der Waals surface area (Å²) in [5, 5.41) is 3.66.